The van der Waals surface area contributed by atoms with Gasteiger partial charge >= 0.3 is 6.18 Å². The third-order valence-electron chi connectivity index (χ3n) is 5.30. The molecule has 1 aliphatic heterocycles. The van der Waals surface area contributed by atoms with Crippen LogP contribution >= 0.6 is 23.2 Å². The molecule has 0 spiro atoms. The summed E-state index contributed by atoms with van der Waals surface area (Å²) in [5, 5.41) is 2.73. The first-order valence-corrected chi connectivity index (χ1v) is 10.4. The van der Waals surface area contributed by atoms with Crippen LogP contribution in [-0.2, 0) is 21.8 Å². The standard InChI is InChI=1S/C21H17Cl2F4N3O2/c22-15-5-4-14(7-12(15)10-28-19(31)11-1-2-11)29-18-9-20(32-30-18,21(25,26)27)13-3-6-17(24)16(23)8-13/h3-8,11H,1-2,9-10H2,(H,28,31)(H,29,30). The first-order chi connectivity index (χ1) is 15.1. The molecule has 0 radical (unpaired) electrons. The number of hydrogen-bond acceptors (Lipinski definition) is 3. The molecule has 5 nitrogen and oxygen atoms in total. The highest BCUT2D eigenvalue weighted by Crippen LogP contribution is 2.47. The monoisotopic (exact) mass is 489 g/mol. The molecule has 1 saturated heterocycles. The van der Waals surface area contributed by atoms with Gasteiger partial charge in [0, 0.05) is 17.5 Å². The second-order valence-electron chi connectivity index (χ2n) is 7.66. The zero-order chi connectivity index (χ0) is 23.1. The van der Waals surface area contributed by atoms with Crippen LogP contribution in [0.25, 0.3) is 0 Å². The van der Waals surface area contributed by atoms with E-state index >= 15 is 0 Å². The van der Waals surface area contributed by atoms with Gasteiger partial charge in [0.15, 0.2) is 0 Å². The van der Waals surface area contributed by atoms with E-state index in [0.717, 1.165) is 31.0 Å². The second-order valence-corrected chi connectivity index (χ2v) is 8.48. The van der Waals surface area contributed by atoms with Gasteiger partial charge in [-0.05, 0) is 54.3 Å². The van der Waals surface area contributed by atoms with Gasteiger partial charge in [-0.3, -0.25) is 15.1 Å². The van der Waals surface area contributed by atoms with Crippen molar-refractivity contribution in [2.45, 2.75) is 37.6 Å². The lowest BCUT2D eigenvalue weighted by atomic mass is 9.90. The number of hydroxylamine groups is 1. The number of amides is 1. The molecule has 2 N–H and O–H groups in total. The fourth-order valence-electron chi connectivity index (χ4n) is 3.34. The molecule has 2 aromatic carbocycles. The third-order valence-corrected chi connectivity index (χ3v) is 5.96. The molecule has 2 aliphatic rings. The van der Waals surface area contributed by atoms with Gasteiger partial charge in [0.05, 0.1) is 17.1 Å². The summed E-state index contributed by atoms with van der Waals surface area (Å²) in [6.45, 7) is 0.178. The van der Waals surface area contributed by atoms with Crippen LogP contribution in [0.3, 0.4) is 0 Å². The van der Waals surface area contributed by atoms with Crippen molar-refractivity contribution in [3.8, 4) is 0 Å². The van der Waals surface area contributed by atoms with Gasteiger partial charge in [-0.25, -0.2) is 9.38 Å². The van der Waals surface area contributed by atoms with Crippen LogP contribution in [0.5, 0.6) is 0 Å². The predicted molar refractivity (Wildman–Crippen MR) is 111 cm³/mol. The lowest BCUT2D eigenvalue weighted by molar-refractivity contribution is -0.282. The second kappa shape index (κ2) is 8.53. The van der Waals surface area contributed by atoms with E-state index in [9.17, 15) is 22.4 Å². The van der Waals surface area contributed by atoms with Crippen molar-refractivity contribution in [2.75, 3.05) is 0 Å². The minimum Gasteiger partial charge on any atom is -0.352 e. The Bertz CT molecular complexity index is 1090. The Balaban J connectivity index is 1.58. The van der Waals surface area contributed by atoms with Gasteiger partial charge in [0.2, 0.25) is 11.5 Å². The van der Waals surface area contributed by atoms with Crippen molar-refractivity contribution in [1.82, 2.24) is 10.8 Å². The highest BCUT2D eigenvalue weighted by Gasteiger charge is 2.61. The van der Waals surface area contributed by atoms with E-state index in [4.69, 9.17) is 28.0 Å². The van der Waals surface area contributed by atoms with E-state index in [0.29, 0.717) is 16.3 Å². The number of benzene rings is 2. The smallest absolute Gasteiger partial charge is 0.352 e. The summed E-state index contributed by atoms with van der Waals surface area (Å²) in [5.74, 6) is -0.947. The number of alkyl halides is 3. The maximum Gasteiger partial charge on any atom is 0.424 e. The molecule has 2 aromatic rings. The minimum absolute atomic E-state index is 0.0347. The molecule has 1 amide bonds. The molecular weight excluding hydrogens is 473 g/mol. The maximum atomic E-state index is 14.0. The summed E-state index contributed by atoms with van der Waals surface area (Å²) in [5.41, 5.74) is 0.00179. The summed E-state index contributed by atoms with van der Waals surface area (Å²) in [4.78, 5) is 21.0. The molecule has 0 bridgehead atoms. The Morgan fingerprint density at radius 1 is 1.19 bits per heavy atom. The number of carbonyl (C=O) groups is 1. The summed E-state index contributed by atoms with van der Waals surface area (Å²) in [6.07, 6.45) is -3.79. The van der Waals surface area contributed by atoms with Crippen molar-refractivity contribution in [2.24, 2.45) is 10.9 Å². The zero-order valence-corrected chi connectivity index (χ0v) is 17.9. The van der Waals surface area contributed by atoms with Crippen LogP contribution in [0, 0.1) is 11.7 Å². The van der Waals surface area contributed by atoms with Gasteiger partial charge in [0.1, 0.15) is 11.7 Å². The number of nitrogens with one attached hydrogen (secondary N) is 2. The van der Waals surface area contributed by atoms with Crippen molar-refractivity contribution in [1.29, 1.82) is 0 Å². The van der Waals surface area contributed by atoms with Crippen LogP contribution < -0.4 is 10.8 Å². The molecule has 11 heteroatoms. The van der Waals surface area contributed by atoms with Gasteiger partial charge < -0.3 is 5.32 Å². The predicted octanol–water partition coefficient (Wildman–Crippen LogP) is 5.57. The molecule has 2 fully saturated rings. The van der Waals surface area contributed by atoms with Crippen LogP contribution in [0.1, 0.15) is 30.4 Å². The average Bonchev–Trinajstić information content (AvgIpc) is 3.49. The van der Waals surface area contributed by atoms with E-state index in [1.54, 1.807) is 12.1 Å². The van der Waals surface area contributed by atoms with Gasteiger partial charge in [-0.2, -0.15) is 13.2 Å². The van der Waals surface area contributed by atoms with E-state index in [1.165, 1.54) is 6.07 Å². The fourth-order valence-corrected chi connectivity index (χ4v) is 3.71. The van der Waals surface area contributed by atoms with Gasteiger partial charge in [-0.1, -0.05) is 29.3 Å². The lowest BCUT2D eigenvalue weighted by Crippen LogP contribution is -2.42. The van der Waals surface area contributed by atoms with Crippen LogP contribution in [0.2, 0.25) is 10.0 Å². The summed E-state index contributed by atoms with van der Waals surface area (Å²) in [6, 6.07) is 7.37. The lowest BCUT2D eigenvalue weighted by Gasteiger charge is -2.29. The molecule has 1 atom stereocenters. The number of carbonyl (C=O) groups excluding carboxylic acids is 1. The normalized spacial score (nSPS) is 22.1. The summed E-state index contributed by atoms with van der Waals surface area (Å²) >= 11 is 11.9. The Kier molecular flexibility index (Phi) is 6.08. The van der Waals surface area contributed by atoms with E-state index in [2.05, 4.69) is 15.8 Å². The number of hydrogen-bond donors (Lipinski definition) is 2. The van der Waals surface area contributed by atoms with Crippen molar-refractivity contribution in [3.63, 3.8) is 0 Å². The molecule has 170 valence electrons. The number of halogens is 6. The molecule has 1 saturated carbocycles. The summed E-state index contributed by atoms with van der Waals surface area (Å²) in [7, 11) is 0. The number of rotatable bonds is 5. The van der Waals surface area contributed by atoms with Crippen molar-refractivity contribution >= 4 is 40.6 Å². The summed E-state index contributed by atoms with van der Waals surface area (Å²) < 4.78 is 55.5. The average molecular weight is 490 g/mol. The first-order valence-electron chi connectivity index (χ1n) is 9.69. The third kappa shape index (κ3) is 4.55. The Labute approximate surface area is 190 Å². The molecular formula is C21H17Cl2F4N3O2. The number of nitrogens with zero attached hydrogens (tertiary/aromatic N) is 1. The molecule has 1 aliphatic carbocycles. The Hall–Kier alpha value is -2.36. The molecule has 1 heterocycles. The number of amidine groups is 1. The first kappa shape index (κ1) is 22.8. The maximum absolute atomic E-state index is 14.0. The van der Waals surface area contributed by atoms with E-state index < -0.39 is 29.0 Å². The van der Waals surface area contributed by atoms with Gasteiger partial charge in [0.25, 0.3) is 0 Å². The van der Waals surface area contributed by atoms with E-state index in [-0.39, 0.29) is 29.8 Å². The van der Waals surface area contributed by atoms with Crippen LogP contribution in [0.4, 0.5) is 23.2 Å². The Morgan fingerprint density at radius 3 is 2.59 bits per heavy atom. The molecule has 32 heavy (non-hydrogen) atoms. The molecule has 4 rings (SSSR count). The minimum atomic E-state index is -4.84. The van der Waals surface area contributed by atoms with Crippen LogP contribution in [-0.4, -0.2) is 17.9 Å². The van der Waals surface area contributed by atoms with E-state index in [1.807, 2.05) is 0 Å². The topological polar surface area (TPSA) is 62.7 Å². The SMILES string of the molecule is O=C(NCc1cc(N=C2CC(c3ccc(F)c(Cl)c3)(C(F)(F)F)ON2)ccc1Cl)C1CC1. The highest BCUT2D eigenvalue weighted by molar-refractivity contribution is 6.31. The zero-order valence-electron chi connectivity index (χ0n) is 16.4. The molecule has 1 unspecified atom stereocenters. The highest BCUT2D eigenvalue weighted by atomic mass is 35.5. The van der Waals surface area contributed by atoms with Gasteiger partial charge in [-0.15, -0.1) is 0 Å². The quantitative estimate of drug-likeness (QED) is 0.539. The van der Waals surface area contributed by atoms with Crippen molar-refractivity contribution in [3.05, 3.63) is 63.4 Å². The largest absolute Gasteiger partial charge is 0.424 e. The fraction of sp³-hybridized carbons (Fsp3) is 0.333. The number of aliphatic imine (C=N–C) groups is 1. The van der Waals surface area contributed by atoms with Crippen molar-refractivity contribution < 1.29 is 27.2 Å². The Morgan fingerprint density at radius 2 is 1.94 bits per heavy atom. The molecule has 0 aromatic heterocycles. The van der Waals surface area contributed by atoms with Crippen LogP contribution in [0.15, 0.2) is 41.4 Å².